The third-order valence-electron chi connectivity index (χ3n) is 6.93. The number of para-hydroxylation sites is 1. The largest absolute Gasteiger partial charge is 0.444 e. The molecule has 1 aliphatic carbocycles. The van der Waals surface area contributed by atoms with E-state index >= 15 is 0 Å². The summed E-state index contributed by atoms with van der Waals surface area (Å²) in [6.45, 7) is 6.47. The van der Waals surface area contributed by atoms with Gasteiger partial charge >= 0.3 is 0 Å². The Labute approximate surface area is 192 Å². The number of hydrogen-bond acceptors (Lipinski definition) is 5. The number of hydrogen-bond donors (Lipinski definition) is 2. The normalized spacial score (nSPS) is 24.2. The molecule has 2 aromatic carbocycles. The van der Waals surface area contributed by atoms with Gasteiger partial charge in [0.05, 0.1) is 5.57 Å². The highest BCUT2D eigenvalue weighted by Crippen LogP contribution is 2.55. The van der Waals surface area contributed by atoms with E-state index in [1.807, 2.05) is 0 Å². The van der Waals surface area contributed by atoms with E-state index in [1.54, 1.807) is 24.3 Å². The highest BCUT2D eigenvalue weighted by molar-refractivity contribution is 6.19. The lowest BCUT2D eigenvalue weighted by Gasteiger charge is -2.39. The zero-order valence-corrected chi connectivity index (χ0v) is 18.9. The predicted octanol–water partition coefficient (Wildman–Crippen LogP) is 4.30. The van der Waals surface area contributed by atoms with Gasteiger partial charge in [-0.1, -0.05) is 63.2 Å². The van der Waals surface area contributed by atoms with Crippen molar-refractivity contribution < 1.29 is 14.3 Å². The molecule has 3 N–H and O–H groups in total. The van der Waals surface area contributed by atoms with Crippen LogP contribution < -0.4 is 11.1 Å². The molecule has 1 spiro atoms. The van der Waals surface area contributed by atoms with Crippen LogP contribution in [0.1, 0.15) is 56.2 Å². The van der Waals surface area contributed by atoms with E-state index in [1.165, 1.54) is 5.56 Å². The number of amides is 1. The molecule has 0 saturated carbocycles. The Morgan fingerprint density at radius 2 is 1.79 bits per heavy atom. The fraction of sp³-hybridized carbons (Fsp3) is 0.296. The molecule has 166 valence electrons. The van der Waals surface area contributed by atoms with Gasteiger partial charge in [-0.15, -0.1) is 0 Å². The maximum absolute atomic E-state index is 13.6. The van der Waals surface area contributed by atoms with Crippen LogP contribution in [0.5, 0.6) is 0 Å². The third kappa shape index (κ3) is 2.92. The highest BCUT2D eigenvalue weighted by Gasteiger charge is 2.60. The van der Waals surface area contributed by atoms with E-state index in [0.717, 1.165) is 5.56 Å². The second-order valence-electron chi connectivity index (χ2n) is 9.90. The maximum atomic E-state index is 13.6. The molecule has 0 aromatic heterocycles. The van der Waals surface area contributed by atoms with Crippen molar-refractivity contribution in [2.45, 2.75) is 50.4 Å². The van der Waals surface area contributed by atoms with Gasteiger partial charge in [-0.05, 0) is 28.5 Å². The standard InChI is InChI=1S/C27H25N3O3/c1-26(2,3)17-10-8-15(9-11-17)16-12-21(31)23-22(13-16)33-24(29)19(14-28)27(23)18-6-4-5-7-20(18)30-25(27)32/h4-11,16H,12-13,29H2,1-3H3,(H,30,32)/t16-,27+/m1/s1. The second kappa shape index (κ2) is 7.08. The maximum Gasteiger partial charge on any atom is 0.245 e. The zero-order chi connectivity index (χ0) is 23.5. The lowest BCUT2D eigenvalue weighted by molar-refractivity contribution is -0.123. The van der Waals surface area contributed by atoms with Gasteiger partial charge in [-0.25, -0.2) is 0 Å². The molecule has 0 unspecified atom stereocenters. The minimum Gasteiger partial charge on any atom is -0.444 e. The number of rotatable bonds is 1. The van der Waals surface area contributed by atoms with E-state index in [9.17, 15) is 14.9 Å². The average Bonchev–Trinajstić information content (AvgIpc) is 3.05. The number of carbonyl (C=O) groups excluding carboxylic acids is 2. The van der Waals surface area contributed by atoms with Crippen LogP contribution in [0, 0.1) is 11.3 Å². The summed E-state index contributed by atoms with van der Waals surface area (Å²) in [6, 6.07) is 17.5. The van der Waals surface area contributed by atoms with Crippen LogP contribution in [0.25, 0.3) is 0 Å². The number of nitrogens with two attached hydrogens (primary N) is 1. The van der Waals surface area contributed by atoms with E-state index in [-0.39, 0.29) is 40.6 Å². The number of carbonyl (C=O) groups is 2. The molecule has 6 nitrogen and oxygen atoms in total. The molecule has 5 rings (SSSR count). The Balaban J connectivity index is 1.63. The van der Waals surface area contributed by atoms with Crippen LogP contribution in [0.3, 0.4) is 0 Å². The van der Waals surface area contributed by atoms with Crippen LogP contribution in [-0.2, 0) is 25.2 Å². The molecule has 0 bridgehead atoms. The smallest absolute Gasteiger partial charge is 0.245 e. The van der Waals surface area contributed by atoms with E-state index in [4.69, 9.17) is 10.5 Å². The Kier molecular flexibility index (Phi) is 4.51. The first-order chi connectivity index (χ1) is 15.7. The summed E-state index contributed by atoms with van der Waals surface area (Å²) in [5.41, 5.74) is 8.22. The van der Waals surface area contributed by atoms with Gasteiger partial charge in [0, 0.05) is 24.1 Å². The Bertz CT molecular complexity index is 1310. The minimum atomic E-state index is -1.57. The van der Waals surface area contributed by atoms with Crippen molar-refractivity contribution in [2.75, 3.05) is 5.32 Å². The summed E-state index contributed by atoms with van der Waals surface area (Å²) < 4.78 is 5.86. The van der Waals surface area contributed by atoms with Gasteiger partial charge in [-0.3, -0.25) is 9.59 Å². The fourth-order valence-corrected chi connectivity index (χ4v) is 5.27. The Morgan fingerprint density at radius 1 is 1.09 bits per heavy atom. The molecule has 0 radical (unpaired) electrons. The van der Waals surface area contributed by atoms with Gasteiger partial charge in [0.25, 0.3) is 0 Å². The van der Waals surface area contributed by atoms with Crippen molar-refractivity contribution in [3.05, 3.63) is 88.0 Å². The number of Topliss-reactive ketones (excluding diaryl/α,β-unsaturated/α-hetero) is 1. The van der Waals surface area contributed by atoms with Crippen LogP contribution in [0.4, 0.5) is 5.69 Å². The topological polar surface area (TPSA) is 105 Å². The summed E-state index contributed by atoms with van der Waals surface area (Å²) >= 11 is 0. The summed E-state index contributed by atoms with van der Waals surface area (Å²) in [6.07, 6.45) is 0.652. The van der Waals surface area contributed by atoms with Gasteiger partial charge in [0.15, 0.2) is 5.78 Å². The second-order valence-corrected chi connectivity index (χ2v) is 9.90. The molecule has 3 aliphatic rings. The van der Waals surface area contributed by atoms with Crippen molar-refractivity contribution in [1.29, 1.82) is 5.26 Å². The molecule has 2 aliphatic heterocycles. The molecular formula is C27H25N3O3. The quantitative estimate of drug-likeness (QED) is 0.689. The van der Waals surface area contributed by atoms with Crippen LogP contribution in [0.2, 0.25) is 0 Å². The first kappa shape index (κ1) is 21.0. The number of fused-ring (bicyclic) bond motifs is 3. The summed E-state index contributed by atoms with van der Waals surface area (Å²) in [4.78, 5) is 27.0. The third-order valence-corrected chi connectivity index (χ3v) is 6.93. The van der Waals surface area contributed by atoms with Crippen molar-refractivity contribution in [3.63, 3.8) is 0 Å². The molecule has 2 atom stereocenters. The fourth-order valence-electron chi connectivity index (χ4n) is 5.27. The number of ketones is 1. The summed E-state index contributed by atoms with van der Waals surface area (Å²) in [5, 5.41) is 12.8. The number of ether oxygens (including phenoxy) is 1. The minimum absolute atomic E-state index is 0.0334. The number of nitrogens with zero attached hydrogens (tertiary/aromatic N) is 1. The molecule has 33 heavy (non-hydrogen) atoms. The summed E-state index contributed by atoms with van der Waals surface area (Å²) in [7, 11) is 0. The van der Waals surface area contributed by atoms with E-state index < -0.39 is 11.3 Å². The van der Waals surface area contributed by atoms with Crippen molar-refractivity contribution in [3.8, 4) is 6.07 Å². The SMILES string of the molecule is CC(C)(C)c1ccc([C@@H]2CC(=O)C3=C(C2)OC(N)=C(C#N)[C@]32C(=O)Nc3ccccc32)cc1. The van der Waals surface area contributed by atoms with Crippen molar-refractivity contribution in [1.82, 2.24) is 0 Å². The number of anilines is 1. The monoisotopic (exact) mass is 439 g/mol. The molecule has 2 aromatic rings. The highest BCUT2D eigenvalue weighted by atomic mass is 16.5. The van der Waals surface area contributed by atoms with Crippen molar-refractivity contribution >= 4 is 17.4 Å². The molecular weight excluding hydrogens is 414 g/mol. The Morgan fingerprint density at radius 3 is 2.45 bits per heavy atom. The van der Waals surface area contributed by atoms with Crippen molar-refractivity contribution in [2.24, 2.45) is 5.73 Å². The molecule has 0 saturated heterocycles. The molecule has 2 heterocycles. The lowest BCUT2D eigenvalue weighted by atomic mass is 9.63. The number of benzene rings is 2. The number of nitrogens with one attached hydrogen (secondary N) is 1. The van der Waals surface area contributed by atoms with Crippen LogP contribution in [0.15, 0.2) is 71.3 Å². The first-order valence-electron chi connectivity index (χ1n) is 11.0. The molecule has 1 amide bonds. The lowest BCUT2D eigenvalue weighted by Crippen LogP contribution is -2.47. The number of allylic oxidation sites excluding steroid dienone is 1. The van der Waals surface area contributed by atoms with Crippen LogP contribution >= 0.6 is 0 Å². The van der Waals surface area contributed by atoms with Gasteiger partial charge in [0.1, 0.15) is 22.8 Å². The van der Waals surface area contributed by atoms with Gasteiger partial charge in [-0.2, -0.15) is 5.26 Å². The average molecular weight is 440 g/mol. The predicted molar refractivity (Wildman–Crippen MR) is 124 cm³/mol. The Hall–Kier alpha value is -3.85. The van der Waals surface area contributed by atoms with Gasteiger partial charge in [0.2, 0.25) is 11.8 Å². The van der Waals surface area contributed by atoms with E-state index in [0.29, 0.717) is 23.4 Å². The van der Waals surface area contributed by atoms with Crippen LogP contribution in [-0.4, -0.2) is 11.7 Å². The summed E-state index contributed by atoms with van der Waals surface area (Å²) in [5.74, 6) is -0.494. The van der Waals surface area contributed by atoms with E-state index in [2.05, 4.69) is 56.4 Å². The van der Waals surface area contributed by atoms with Gasteiger partial charge < -0.3 is 15.8 Å². The molecule has 6 heteroatoms. The zero-order valence-electron chi connectivity index (χ0n) is 18.9. The molecule has 0 fully saturated rings. The number of nitriles is 1. The first-order valence-corrected chi connectivity index (χ1v) is 11.0.